The molecule has 1 saturated heterocycles. The predicted molar refractivity (Wildman–Crippen MR) is 176 cm³/mol. The van der Waals surface area contributed by atoms with E-state index in [4.69, 9.17) is 4.74 Å². The first kappa shape index (κ1) is 32.7. The molecule has 3 aliphatic carbocycles. The van der Waals surface area contributed by atoms with Crippen molar-refractivity contribution in [3.05, 3.63) is 77.1 Å². The number of halogens is 3. The number of carboxylic acid groups (broad SMARTS) is 1. The summed E-state index contributed by atoms with van der Waals surface area (Å²) in [4.78, 5) is 50.2. The fraction of sp³-hybridized carbons (Fsp3) is 0.486. The number of alkyl halides is 3. The van der Waals surface area contributed by atoms with Crippen LogP contribution in [0, 0.1) is 23.2 Å². The molecule has 5 atom stereocenters. The number of hydrogen-bond acceptors (Lipinski definition) is 7. The van der Waals surface area contributed by atoms with Crippen LogP contribution in [-0.2, 0) is 21.1 Å². The maximum atomic E-state index is 14.7. The van der Waals surface area contributed by atoms with Gasteiger partial charge in [-0.1, -0.05) is 18.2 Å². The molecule has 2 N–H and O–H groups in total. The van der Waals surface area contributed by atoms with Gasteiger partial charge in [0.1, 0.15) is 0 Å². The molecule has 1 aromatic heterocycles. The molecule has 4 fully saturated rings. The van der Waals surface area contributed by atoms with Crippen molar-refractivity contribution in [1.82, 2.24) is 15.3 Å². The Kier molecular flexibility index (Phi) is 7.70. The van der Waals surface area contributed by atoms with Gasteiger partial charge in [-0.15, -0.1) is 0 Å². The molecule has 8 rings (SSSR count). The Morgan fingerprint density at radius 2 is 1.80 bits per heavy atom. The van der Waals surface area contributed by atoms with Gasteiger partial charge in [-0.25, -0.2) is 9.97 Å². The molecular formula is C37H38F3N5O5. The average Bonchev–Trinajstić information content (AvgIpc) is 3.52. The molecule has 5 aliphatic rings. The molecule has 2 amide bonds. The zero-order valence-corrected chi connectivity index (χ0v) is 27.6. The van der Waals surface area contributed by atoms with Crippen LogP contribution in [-0.4, -0.2) is 65.7 Å². The third-order valence-corrected chi connectivity index (χ3v) is 12.2. The van der Waals surface area contributed by atoms with Crippen molar-refractivity contribution in [2.75, 3.05) is 36.6 Å². The molecule has 13 heteroatoms. The molecule has 3 heterocycles. The highest BCUT2D eigenvalue weighted by molar-refractivity contribution is 6.06. The lowest BCUT2D eigenvalue weighted by Gasteiger charge is -2.55. The van der Waals surface area contributed by atoms with Crippen molar-refractivity contribution in [2.45, 2.75) is 62.6 Å². The van der Waals surface area contributed by atoms with Crippen LogP contribution in [0.3, 0.4) is 0 Å². The van der Waals surface area contributed by atoms with Crippen molar-refractivity contribution in [3.63, 3.8) is 0 Å². The van der Waals surface area contributed by atoms with Crippen molar-refractivity contribution in [3.8, 4) is 0 Å². The lowest BCUT2D eigenvalue weighted by Crippen LogP contribution is -2.60. The summed E-state index contributed by atoms with van der Waals surface area (Å²) in [6.07, 6.45) is 0.607. The van der Waals surface area contributed by atoms with Gasteiger partial charge < -0.3 is 25.0 Å². The number of carbonyl (C=O) groups is 3. The second kappa shape index (κ2) is 11.8. The van der Waals surface area contributed by atoms with Gasteiger partial charge in [-0.05, 0) is 98.1 Å². The monoisotopic (exact) mass is 689 g/mol. The highest BCUT2D eigenvalue weighted by Gasteiger charge is 2.64. The van der Waals surface area contributed by atoms with Crippen LogP contribution in [0.1, 0.15) is 76.9 Å². The average molecular weight is 690 g/mol. The number of nitrogens with zero attached hydrogens (tertiary/aromatic N) is 4. The van der Waals surface area contributed by atoms with Gasteiger partial charge in [0, 0.05) is 61.4 Å². The number of aromatic nitrogens is 2. The van der Waals surface area contributed by atoms with Gasteiger partial charge in [0.05, 0.1) is 11.5 Å². The van der Waals surface area contributed by atoms with Crippen LogP contribution in [0.15, 0.2) is 54.7 Å². The minimum atomic E-state index is -4.94. The Morgan fingerprint density at radius 3 is 2.52 bits per heavy atom. The topological polar surface area (TPSA) is 125 Å². The van der Waals surface area contributed by atoms with Gasteiger partial charge in [0.25, 0.3) is 11.8 Å². The maximum absolute atomic E-state index is 14.7. The van der Waals surface area contributed by atoms with Crippen LogP contribution < -0.4 is 15.1 Å². The Bertz CT molecular complexity index is 1870. The Morgan fingerprint density at radius 1 is 1.04 bits per heavy atom. The minimum absolute atomic E-state index is 0.169. The van der Waals surface area contributed by atoms with E-state index in [0.717, 1.165) is 24.6 Å². The third-order valence-electron chi connectivity index (χ3n) is 12.2. The van der Waals surface area contributed by atoms with E-state index in [1.54, 1.807) is 53.2 Å². The van der Waals surface area contributed by atoms with Crippen molar-refractivity contribution in [2.24, 2.45) is 23.2 Å². The number of fused-ring (bicyclic) bond motifs is 3. The molecule has 3 aromatic rings. The Labute approximate surface area is 287 Å². The SMILES string of the molecule is CN(C(=O)c1ccccc1)c1ccc2c(c1)C1(CCOCC1)CN2c1ncc(C(=O)NC2CC3CC4CC(C(=O)O)CC32C4)c(C(F)(F)F)n1. The van der Waals surface area contributed by atoms with E-state index < -0.39 is 52.1 Å². The molecule has 2 aromatic carbocycles. The molecule has 262 valence electrons. The van der Waals surface area contributed by atoms with E-state index in [9.17, 15) is 32.7 Å². The summed E-state index contributed by atoms with van der Waals surface area (Å²) in [5, 5.41) is 12.5. The largest absolute Gasteiger partial charge is 0.481 e. The quantitative estimate of drug-likeness (QED) is 0.324. The van der Waals surface area contributed by atoms with Crippen LogP contribution in [0.4, 0.5) is 30.5 Å². The molecule has 3 saturated carbocycles. The second-order valence-electron chi connectivity index (χ2n) is 14.8. The van der Waals surface area contributed by atoms with Crippen LogP contribution >= 0.6 is 0 Å². The van der Waals surface area contributed by atoms with Crippen LogP contribution in [0.5, 0.6) is 0 Å². The zero-order valence-electron chi connectivity index (χ0n) is 27.6. The van der Waals surface area contributed by atoms with E-state index in [0.29, 0.717) is 68.8 Å². The summed E-state index contributed by atoms with van der Waals surface area (Å²) in [6, 6.07) is 14.0. The predicted octanol–water partition coefficient (Wildman–Crippen LogP) is 5.98. The Balaban J connectivity index is 1.09. The summed E-state index contributed by atoms with van der Waals surface area (Å²) in [5.74, 6) is -2.09. The molecule has 2 aliphatic heterocycles. The highest BCUT2D eigenvalue weighted by atomic mass is 19.4. The number of hydrogen-bond donors (Lipinski definition) is 2. The number of carbonyl (C=O) groups excluding carboxylic acids is 2. The summed E-state index contributed by atoms with van der Waals surface area (Å²) < 4.78 is 49.6. The first-order chi connectivity index (χ1) is 23.9. The number of anilines is 3. The van der Waals surface area contributed by atoms with Gasteiger partial charge in [-0.3, -0.25) is 14.4 Å². The highest BCUT2D eigenvalue weighted by Crippen LogP contribution is 2.66. The molecule has 50 heavy (non-hydrogen) atoms. The maximum Gasteiger partial charge on any atom is 0.434 e. The fourth-order valence-electron chi connectivity index (χ4n) is 9.69. The first-order valence-corrected chi connectivity index (χ1v) is 17.2. The number of rotatable bonds is 6. The molecule has 10 nitrogen and oxygen atoms in total. The van der Waals surface area contributed by atoms with E-state index in [-0.39, 0.29) is 23.7 Å². The molecule has 2 bridgehead atoms. The smallest absolute Gasteiger partial charge is 0.434 e. The number of aliphatic carboxylic acids is 1. The number of ether oxygens (including phenoxy) is 1. The normalized spacial score (nSPS) is 27.6. The van der Waals surface area contributed by atoms with Gasteiger partial charge in [0.15, 0.2) is 5.69 Å². The molecule has 0 radical (unpaired) electrons. The zero-order chi connectivity index (χ0) is 35.0. The van der Waals surface area contributed by atoms with E-state index >= 15 is 0 Å². The summed E-state index contributed by atoms with van der Waals surface area (Å²) in [7, 11) is 1.69. The van der Waals surface area contributed by atoms with E-state index in [2.05, 4.69) is 15.3 Å². The second-order valence-corrected chi connectivity index (χ2v) is 14.8. The fourth-order valence-corrected chi connectivity index (χ4v) is 9.69. The Hall–Kier alpha value is -4.52. The van der Waals surface area contributed by atoms with E-state index in [1.165, 1.54) is 0 Å². The summed E-state index contributed by atoms with van der Waals surface area (Å²) in [6.45, 7) is 1.26. The van der Waals surface area contributed by atoms with Crippen LogP contribution in [0.25, 0.3) is 0 Å². The van der Waals surface area contributed by atoms with Gasteiger partial charge in [-0.2, -0.15) is 13.2 Å². The van der Waals surface area contributed by atoms with E-state index in [1.807, 2.05) is 12.1 Å². The third kappa shape index (κ3) is 5.23. The molecule has 2 spiro atoms. The van der Waals surface area contributed by atoms with Gasteiger partial charge >= 0.3 is 12.1 Å². The lowest BCUT2D eigenvalue weighted by molar-refractivity contribution is -0.147. The number of amides is 2. The van der Waals surface area contributed by atoms with Crippen molar-refractivity contribution in [1.29, 1.82) is 0 Å². The van der Waals surface area contributed by atoms with Crippen molar-refractivity contribution >= 4 is 35.1 Å². The minimum Gasteiger partial charge on any atom is -0.481 e. The number of nitrogens with one attached hydrogen (secondary N) is 1. The first-order valence-electron chi connectivity index (χ1n) is 17.2. The summed E-state index contributed by atoms with van der Waals surface area (Å²) in [5.41, 5.74) is -0.132. The van der Waals surface area contributed by atoms with Crippen molar-refractivity contribution < 1.29 is 37.4 Å². The summed E-state index contributed by atoms with van der Waals surface area (Å²) >= 11 is 0. The van der Waals surface area contributed by atoms with Crippen LogP contribution in [0.2, 0.25) is 0 Å². The standard InChI is InChI=1S/C37H38F3N5O5/c1-44(32(47)22-5-3-2-4-6-22)25-7-8-28-27(16-25)35(9-11-50-12-10-35)20-45(28)34-41-19-26(30(43-34)37(38,39)40)31(46)42-29-15-24-14-21-13-23(33(48)49)18-36(24,29)17-21/h2-8,16,19,21,23-24,29H,9-15,17-18,20H2,1H3,(H,42,46)(H,48,49). The lowest BCUT2D eigenvalue weighted by atomic mass is 9.53. The number of benzene rings is 2. The van der Waals surface area contributed by atoms with Gasteiger partial charge in [0.2, 0.25) is 5.95 Å². The number of carboxylic acids is 1. The molecule has 5 unspecified atom stereocenters. The molecular weight excluding hydrogens is 651 g/mol.